The Balaban J connectivity index is 1.40. The van der Waals surface area contributed by atoms with Crippen LogP contribution >= 0.6 is 11.3 Å². The van der Waals surface area contributed by atoms with Crippen molar-refractivity contribution in [1.29, 1.82) is 0 Å². The van der Waals surface area contributed by atoms with Gasteiger partial charge in [-0.1, -0.05) is 23.4 Å². The van der Waals surface area contributed by atoms with Crippen LogP contribution in [-0.2, 0) is 11.3 Å². The molecule has 0 spiro atoms. The van der Waals surface area contributed by atoms with Crippen LogP contribution in [0.2, 0.25) is 0 Å². The molecule has 1 aliphatic rings. The van der Waals surface area contributed by atoms with E-state index in [1.54, 1.807) is 29.9 Å². The van der Waals surface area contributed by atoms with Crippen LogP contribution < -0.4 is 0 Å². The number of hydrogen-bond donors (Lipinski definition) is 0. The Kier molecular flexibility index (Phi) is 4.90. The molecule has 2 amide bonds. The molecule has 0 radical (unpaired) electrons. The van der Waals surface area contributed by atoms with Crippen molar-refractivity contribution in [3.8, 4) is 0 Å². The molecular weight excluding hydrogens is 412 g/mol. The molecule has 1 saturated heterocycles. The quantitative estimate of drug-likeness (QED) is 0.493. The van der Waals surface area contributed by atoms with Gasteiger partial charge in [0.1, 0.15) is 16.9 Å². The second kappa shape index (κ2) is 7.73. The summed E-state index contributed by atoms with van der Waals surface area (Å²) < 4.78 is 1.65. The number of thiophene rings is 1. The van der Waals surface area contributed by atoms with Gasteiger partial charge in [0.15, 0.2) is 0 Å². The number of amides is 2. The van der Waals surface area contributed by atoms with E-state index in [1.807, 2.05) is 41.3 Å². The highest BCUT2D eigenvalue weighted by Crippen LogP contribution is 2.39. The number of rotatable bonds is 4. The number of para-hydroxylation sites is 1. The highest BCUT2D eigenvalue weighted by Gasteiger charge is 2.33. The maximum Gasteiger partial charge on any atom is 0.263 e. The van der Waals surface area contributed by atoms with Gasteiger partial charge in [-0.3, -0.25) is 9.59 Å². The van der Waals surface area contributed by atoms with Gasteiger partial charge < -0.3 is 9.80 Å². The van der Waals surface area contributed by atoms with E-state index in [-0.39, 0.29) is 24.3 Å². The summed E-state index contributed by atoms with van der Waals surface area (Å²) in [7, 11) is 3.52. The first-order chi connectivity index (χ1) is 15.0. The first kappa shape index (κ1) is 19.6. The molecule has 8 nitrogen and oxygen atoms in total. The van der Waals surface area contributed by atoms with Crippen molar-refractivity contribution >= 4 is 44.4 Å². The largest absolute Gasteiger partial charge is 0.344 e. The number of nitrogens with zero attached hydrogens (tertiary/aromatic N) is 6. The highest BCUT2D eigenvalue weighted by molar-refractivity contribution is 7.20. The maximum absolute atomic E-state index is 13.0. The monoisotopic (exact) mass is 434 g/mol. The Morgan fingerprint density at radius 2 is 2.03 bits per heavy atom. The van der Waals surface area contributed by atoms with Crippen molar-refractivity contribution in [1.82, 2.24) is 29.8 Å². The number of carbonyl (C=O) groups excluding carboxylic acids is 2. The van der Waals surface area contributed by atoms with Gasteiger partial charge in [-0.25, -0.2) is 9.67 Å². The number of fused-ring (bicyclic) bond motifs is 2. The topological polar surface area (TPSA) is 84.2 Å². The summed E-state index contributed by atoms with van der Waals surface area (Å²) in [4.78, 5) is 35.4. The highest BCUT2D eigenvalue weighted by atomic mass is 32.1. The molecule has 4 aromatic rings. The minimum absolute atomic E-state index is 0.0105. The second-order valence-electron chi connectivity index (χ2n) is 7.96. The van der Waals surface area contributed by atoms with Crippen LogP contribution in [0.3, 0.4) is 0 Å². The first-order valence-electron chi connectivity index (χ1n) is 10.2. The fourth-order valence-corrected chi connectivity index (χ4v) is 5.45. The Morgan fingerprint density at radius 1 is 1.19 bits per heavy atom. The van der Waals surface area contributed by atoms with Crippen molar-refractivity contribution in [3.05, 3.63) is 53.0 Å². The zero-order chi connectivity index (χ0) is 21.5. The van der Waals surface area contributed by atoms with Gasteiger partial charge in [0.05, 0.1) is 10.4 Å². The minimum Gasteiger partial charge on any atom is -0.344 e. The van der Waals surface area contributed by atoms with Gasteiger partial charge in [-0.2, -0.15) is 0 Å². The Labute approximate surface area is 183 Å². The predicted molar refractivity (Wildman–Crippen MR) is 119 cm³/mol. The van der Waals surface area contributed by atoms with Crippen molar-refractivity contribution in [2.24, 2.45) is 0 Å². The SMILES string of the molecule is CN(C)C(=O)c1sc2ncccc2c1[C@H]1CCN(C(=O)Cn2nnc3ccccc32)C1. The first-order valence-corrected chi connectivity index (χ1v) is 11.0. The third-order valence-corrected chi connectivity index (χ3v) is 6.88. The summed E-state index contributed by atoms with van der Waals surface area (Å²) in [5.41, 5.74) is 2.65. The molecule has 0 aliphatic carbocycles. The number of pyridine rings is 1. The fraction of sp³-hybridized carbons (Fsp3) is 0.318. The molecule has 5 rings (SSSR count). The minimum atomic E-state index is -0.0168. The molecule has 1 fully saturated rings. The molecule has 1 aliphatic heterocycles. The zero-order valence-electron chi connectivity index (χ0n) is 17.4. The lowest BCUT2D eigenvalue weighted by molar-refractivity contribution is -0.130. The fourth-order valence-electron chi connectivity index (χ4n) is 4.20. The van der Waals surface area contributed by atoms with E-state index in [4.69, 9.17) is 0 Å². The molecule has 1 aromatic carbocycles. The second-order valence-corrected chi connectivity index (χ2v) is 8.96. The Morgan fingerprint density at radius 3 is 2.87 bits per heavy atom. The van der Waals surface area contributed by atoms with Gasteiger partial charge in [0, 0.05) is 44.7 Å². The molecule has 0 bridgehead atoms. The van der Waals surface area contributed by atoms with Crippen molar-refractivity contribution < 1.29 is 9.59 Å². The third-order valence-electron chi connectivity index (χ3n) is 5.76. The van der Waals surface area contributed by atoms with E-state index < -0.39 is 0 Å². The number of aromatic nitrogens is 4. The molecule has 158 valence electrons. The van der Waals surface area contributed by atoms with Gasteiger partial charge in [-0.05, 0) is 30.2 Å². The summed E-state index contributed by atoms with van der Waals surface area (Å²) in [5.74, 6) is 0.0986. The van der Waals surface area contributed by atoms with Gasteiger partial charge in [0.2, 0.25) is 5.91 Å². The van der Waals surface area contributed by atoms with E-state index in [1.165, 1.54) is 11.3 Å². The third kappa shape index (κ3) is 3.44. The van der Waals surface area contributed by atoms with Gasteiger partial charge >= 0.3 is 0 Å². The molecule has 9 heteroatoms. The summed E-state index contributed by atoms with van der Waals surface area (Å²) in [5, 5.41) is 9.28. The van der Waals surface area contributed by atoms with Crippen LogP contribution in [-0.4, -0.2) is 68.8 Å². The van der Waals surface area contributed by atoms with Crippen LogP contribution in [0.5, 0.6) is 0 Å². The van der Waals surface area contributed by atoms with Crippen molar-refractivity contribution in [2.75, 3.05) is 27.2 Å². The molecule has 0 N–H and O–H groups in total. The van der Waals surface area contributed by atoms with Crippen LogP contribution in [0.4, 0.5) is 0 Å². The van der Waals surface area contributed by atoms with Crippen molar-refractivity contribution in [3.63, 3.8) is 0 Å². The van der Waals surface area contributed by atoms with Crippen LogP contribution in [0.15, 0.2) is 42.6 Å². The van der Waals surface area contributed by atoms with Crippen LogP contribution in [0.1, 0.15) is 27.6 Å². The van der Waals surface area contributed by atoms with E-state index in [0.717, 1.165) is 38.1 Å². The molecule has 0 saturated carbocycles. The molecule has 4 heterocycles. The van der Waals surface area contributed by atoms with Crippen molar-refractivity contribution in [2.45, 2.75) is 18.9 Å². The number of hydrogen-bond acceptors (Lipinski definition) is 6. The summed E-state index contributed by atoms with van der Waals surface area (Å²) in [6.07, 6.45) is 2.57. The molecule has 31 heavy (non-hydrogen) atoms. The Bertz CT molecular complexity index is 1290. The number of likely N-dealkylation sites (tertiary alicyclic amines) is 1. The molecule has 3 aromatic heterocycles. The molecule has 1 atom stereocenters. The lowest BCUT2D eigenvalue weighted by atomic mass is 9.95. The smallest absolute Gasteiger partial charge is 0.263 e. The summed E-state index contributed by atoms with van der Waals surface area (Å²) in [6.45, 7) is 1.39. The number of carbonyl (C=O) groups is 2. The molecule has 0 unspecified atom stereocenters. The number of benzene rings is 1. The van der Waals surface area contributed by atoms with E-state index in [9.17, 15) is 9.59 Å². The lowest BCUT2D eigenvalue weighted by Gasteiger charge is -2.18. The van der Waals surface area contributed by atoms with Gasteiger partial charge in [-0.15, -0.1) is 16.4 Å². The van der Waals surface area contributed by atoms with E-state index >= 15 is 0 Å². The Hall–Kier alpha value is -3.33. The lowest BCUT2D eigenvalue weighted by Crippen LogP contribution is -2.32. The average molecular weight is 435 g/mol. The van der Waals surface area contributed by atoms with E-state index in [0.29, 0.717) is 13.1 Å². The summed E-state index contributed by atoms with van der Waals surface area (Å²) >= 11 is 1.43. The zero-order valence-corrected chi connectivity index (χ0v) is 18.2. The van der Waals surface area contributed by atoms with Gasteiger partial charge in [0.25, 0.3) is 5.91 Å². The standard InChI is InChI=1S/C22H22N6O2S/c1-26(2)22(30)20-19(15-6-5-10-23-21(15)31-20)14-9-11-27(12-14)18(29)13-28-17-8-4-3-7-16(17)24-25-28/h3-8,10,14H,9,11-13H2,1-2H3/t14-/m0/s1. The normalized spacial score (nSPS) is 16.3. The van der Waals surface area contributed by atoms with Crippen LogP contribution in [0.25, 0.3) is 21.3 Å². The van der Waals surface area contributed by atoms with Crippen LogP contribution in [0, 0.1) is 0 Å². The van der Waals surface area contributed by atoms with E-state index in [2.05, 4.69) is 15.3 Å². The predicted octanol–water partition coefficient (Wildman–Crippen LogP) is 2.76. The average Bonchev–Trinajstić information content (AvgIpc) is 3.49. The molecular formula is C22H22N6O2S. The summed E-state index contributed by atoms with van der Waals surface area (Å²) in [6, 6.07) is 11.5. The maximum atomic E-state index is 13.0.